The van der Waals surface area contributed by atoms with Crippen LogP contribution >= 0.6 is 0 Å². The van der Waals surface area contributed by atoms with Gasteiger partial charge in [-0.05, 0) is 36.0 Å². The van der Waals surface area contributed by atoms with Crippen molar-refractivity contribution in [2.75, 3.05) is 6.61 Å². The van der Waals surface area contributed by atoms with Gasteiger partial charge in [-0.25, -0.2) is 0 Å². The summed E-state index contributed by atoms with van der Waals surface area (Å²) in [5, 5.41) is 12.7. The molecule has 0 bridgehead atoms. The van der Waals surface area contributed by atoms with Gasteiger partial charge >= 0.3 is 0 Å². The van der Waals surface area contributed by atoms with Gasteiger partial charge in [-0.1, -0.05) is 71.9 Å². The first-order chi connectivity index (χ1) is 11.0. The summed E-state index contributed by atoms with van der Waals surface area (Å²) in [5.41, 5.74) is 1.15. The summed E-state index contributed by atoms with van der Waals surface area (Å²) in [6.45, 7) is 18.3. The lowest BCUT2D eigenvalue weighted by atomic mass is 9.99. The minimum atomic E-state index is -1.82. The molecule has 0 heterocycles. The van der Waals surface area contributed by atoms with E-state index < -0.39 is 8.32 Å². The summed E-state index contributed by atoms with van der Waals surface area (Å²) in [5.74, 6) is 0.317. The maximum Gasteiger partial charge on any atom is 0.192 e. The van der Waals surface area contributed by atoms with E-state index in [4.69, 9.17) is 4.43 Å². The third-order valence-corrected chi connectivity index (χ3v) is 9.92. The molecular weight excluding hydrogens is 314 g/mol. The SMILES string of the molecule is CC[C@@H](c1ccccc1)N(O)[C@H](CO[Si](C)(C)C(C)(C)C)C(C)C. The minimum Gasteiger partial charge on any atom is -0.415 e. The third kappa shape index (κ3) is 5.41. The fourth-order valence-corrected chi connectivity index (χ4v) is 3.59. The molecule has 138 valence electrons. The van der Waals surface area contributed by atoms with Gasteiger partial charge in [0.15, 0.2) is 8.32 Å². The largest absolute Gasteiger partial charge is 0.415 e. The summed E-state index contributed by atoms with van der Waals surface area (Å²) in [6.07, 6.45) is 0.865. The van der Waals surface area contributed by atoms with Crippen LogP contribution in [0.25, 0.3) is 0 Å². The standard InChI is InChI=1S/C20H37NO2Si/c1-9-18(17-13-11-10-12-14-17)21(22)19(16(2)3)15-23-24(7,8)20(4,5)6/h10-14,16,18-19,22H,9,15H2,1-8H3/t18-,19+/m0/s1. The highest BCUT2D eigenvalue weighted by Gasteiger charge is 2.39. The molecule has 1 N–H and O–H groups in total. The third-order valence-electron chi connectivity index (χ3n) is 5.42. The van der Waals surface area contributed by atoms with Crippen LogP contribution < -0.4 is 0 Å². The monoisotopic (exact) mass is 351 g/mol. The smallest absolute Gasteiger partial charge is 0.192 e. The van der Waals surface area contributed by atoms with Crippen molar-refractivity contribution in [2.45, 2.75) is 78.2 Å². The van der Waals surface area contributed by atoms with E-state index >= 15 is 0 Å². The van der Waals surface area contributed by atoms with Gasteiger partial charge in [-0.15, -0.1) is 0 Å². The highest BCUT2D eigenvalue weighted by atomic mass is 28.4. The zero-order chi connectivity index (χ0) is 18.5. The molecule has 0 aliphatic carbocycles. The highest BCUT2D eigenvalue weighted by molar-refractivity contribution is 6.74. The van der Waals surface area contributed by atoms with Crippen LogP contribution in [0, 0.1) is 5.92 Å². The van der Waals surface area contributed by atoms with Crippen molar-refractivity contribution in [1.29, 1.82) is 0 Å². The van der Waals surface area contributed by atoms with E-state index in [1.165, 1.54) is 5.06 Å². The Kier molecular flexibility index (Phi) is 7.66. The molecule has 3 nitrogen and oxygen atoms in total. The molecule has 4 heteroatoms. The van der Waals surface area contributed by atoms with E-state index in [1.54, 1.807) is 0 Å². The van der Waals surface area contributed by atoms with Gasteiger partial charge in [0.1, 0.15) is 0 Å². The van der Waals surface area contributed by atoms with E-state index in [2.05, 4.69) is 66.8 Å². The molecule has 0 radical (unpaired) electrons. The Morgan fingerprint density at radius 2 is 1.67 bits per heavy atom. The molecule has 0 amide bonds. The van der Waals surface area contributed by atoms with Crippen LogP contribution in [0.4, 0.5) is 0 Å². The molecule has 0 fully saturated rings. The first-order valence-electron chi connectivity index (χ1n) is 9.17. The summed E-state index contributed by atoms with van der Waals surface area (Å²) >= 11 is 0. The molecule has 1 aromatic rings. The molecule has 0 saturated heterocycles. The second-order valence-electron chi connectivity index (χ2n) is 8.60. The van der Waals surface area contributed by atoms with E-state index in [9.17, 15) is 5.21 Å². The van der Waals surface area contributed by atoms with Crippen LogP contribution in [0.5, 0.6) is 0 Å². The number of hydroxylamine groups is 2. The Balaban J connectivity index is 2.91. The second kappa shape index (κ2) is 8.61. The maximum absolute atomic E-state index is 11.0. The van der Waals surface area contributed by atoms with Crippen LogP contribution in [-0.4, -0.2) is 31.2 Å². The van der Waals surface area contributed by atoms with Crippen LogP contribution in [0.3, 0.4) is 0 Å². The average molecular weight is 352 g/mol. The van der Waals surface area contributed by atoms with Crippen molar-refractivity contribution >= 4 is 8.32 Å². The fourth-order valence-electron chi connectivity index (χ4n) is 2.57. The van der Waals surface area contributed by atoms with Gasteiger partial charge < -0.3 is 9.63 Å². The van der Waals surface area contributed by atoms with Gasteiger partial charge in [-0.2, -0.15) is 5.06 Å². The van der Waals surface area contributed by atoms with Crippen molar-refractivity contribution in [3.63, 3.8) is 0 Å². The Labute approximate surface area is 150 Å². The number of rotatable bonds is 8. The van der Waals surface area contributed by atoms with Gasteiger partial charge in [-0.3, -0.25) is 0 Å². The van der Waals surface area contributed by atoms with E-state index in [0.29, 0.717) is 12.5 Å². The van der Waals surface area contributed by atoms with Crippen molar-refractivity contribution < 1.29 is 9.63 Å². The highest BCUT2D eigenvalue weighted by Crippen LogP contribution is 2.37. The summed E-state index contributed by atoms with van der Waals surface area (Å²) < 4.78 is 6.41. The molecule has 0 aliphatic heterocycles. The molecule has 0 aliphatic rings. The van der Waals surface area contributed by atoms with Gasteiger partial charge in [0.2, 0.25) is 0 Å². The van der Waals surface area contributed by atoms with Crippen LogP contribution in [0.15, 0.2) is 30.3 Å². The van der Waals surface area contributed by atoms with Gasteiger partial charge in [0.25, 0.3) is 0 Å². The Morgan fingerprint density at radius 3 is 2.08 bits per heavy atom. The summed E-state index contributed by atoms with van der Waals surface area (Å²) in [6, 6.07) is 10.2. The van der Waals surface area contributed by atoms with E-state index in [-0.39, 0.29) is 17.1 Å². The molecular formula is C20H37NO2Si. The lowest BCUT2D eigenvalue weighted by Crippen LogP contribution is -2.48. The van der Waals surface area contributed by atoms with Gasteiger partial charge in [0.05, 0.1) is 18.7 Å². The van der Waals surface area contributed by atoms with E-state index in [0.717, 1.165) is 12.0 Å². The Hall–Kier alpha value is -0.683. The zero-order valence-electron chi connectivity index (χ0n) is 16.8. The molecule has 2 atom stereocenters. The van der Waals surface area contributed by atoms with Crippen molar-refractivity contribution in [1.82, 2.24) is 5.06 Å². The number of hydrogen-bond acceptors (Lipinski definition) is 3. The normalized spacial score (nSPS) is 15.8. The van der Waals surface area contributed by atoms with E-state index in [1.807, 2.05) is 18.2 Å². The topological polar surface area (TPSA) is 32.7 Å². The van der Waals surface area contributed by atoms with Crippen LogP contribution in [-0.2, 0) is 4.43 Å². The Bertz CT molecular complexity index is 482. The summed E-state index contributed by atoms with van der Waals surface area (Å²) in [4.78, 5) is 0. The molecule has 1 rings (SSSR count). The average Bonchev–Trinajstić information content (AvgIpc) is 2.47. The van der Waals surface area contributed by atoms with Crippen molar-refractivity contribution in [3.8, 4) is 0 Å². The minimum absolute atomic E-state index is 0.00150. The molecule has 0 unspecified atom stereocenters. The molecule has 0 aromatic heterocycles. The molecule has 0 saturated carbocycles. The first-order valence-corrected chi connectivity index (χ1v) is 12.1. The predicted octanol–water partition coefficient (Wildman–Crippen LogP) is 5.88. The van der Waals surface area contributed by atoms with Crippen molar-refractivity contribution in [3.05, 3.63) is 35.9 Å². The molecule has 1 aromatic carbocycles. The predicted molar refractivity (Wildman–Crippen MR) is 105 cm³/mol. The second-order valence-corrected chi connectivity index (χ2v) is 13.4. The Morgan fingerprint density at radius 1 is 1.12 bits per heavy atom. The van der Waals surface area contributed by atoms with Crippen molar-refractivity contribution in [2.24, 2.45) is 5.92 Å². The molecule has 0 spiro atoms. The molecule has 24 heavy (non-hydrogen) atoms. The lowest BCUT2D eigenvalue weighted by molar-refractivity contribution is -0.181. The fraction of sp³-hybridized carbons (Fsp3) is 0.700. The van der Waals surface area contributed by atoms with Crippen LogP contribution in [0.1, 0.15) is 59.6 Å². The number of nitrogens with zero attached hydrogens (tertiary/aromatic N) is 1. The summed E-state index contributed by atoms with van der Waals surface area (Å²) in [7, 11) is -1.82. The number of benzene rings is 1. The zero-order valence-corrected chi connectivity index (χ0v) is 17.8. The van der Waals surface area contributed by atoms with Gasteiger partial charge in [0, 0.05) is 0 Å². The maximum atomic E-state index is 11.0. The quantitative estimate of drug-likeness (QED) is 0.469. The lowest BCUT2D eigenvalue weighted by Gasteiger charge is -2.40. The number of hydrogen-bond donors (Lipinski definition) is 1. The first kappa shape index (κ1) is 21.4. The van der Waals surface area contributed by atoms with Crippen LogP contribution in [0.2, 0.25) is 18.1 Å².